The summed E-state index contributed by atoms with van der Waals surface area (Å²) in [5.41, 5.74) is 3.50. The molecular formula is C26H35N3O5S2. The summed E-state index contributed by atoms with van der Waals surface area (Å²) in [4.78, 5) is 15.1. The molecule has 0 radical (unpaired) electrons. The van der Waals surface area contributed by atoms with Crippen molar-refractivity contribution in [3.63, 3.8) is 0 Å². The molecule has 36 heavy (non-hydrogen) atoms. The summed E-state index contributed by atoms with van der Waals surface area (Å²) in [7, 11) is -6.97. The van der Waals surface area contributed by atoms with E-state index < -0.39 is 20.0 Å². The fraction of sp³-hybridized carbons (Fsp3) is 0.500. The van der Waals surface area contributed by atoms with E-state index >= 15 is 0 Å². The van der Waals surface area contributed by atoms with Gasteiger partial charge in [-0.3, -0.25) is 9.10 Å². The van der Waals surface area contributed by atoms with Crippen molar-refractivity contribution < 1.29 is 21.6 Å². The third-order valence-corrected chi connectivity index (χ3v) is 11.0. The van der Waals surface area contributed by atoms with Crippen LogP contribution in [0.4, 0.5) is 5.69 Å². The minimum absolute atomic E-state index is 0.0786. The summed E-state index contributed by atoms with van der Waals surface area (Å²) in [5, 5.41) is 0. The number of piperazine rings is 1. The number of rotatable bonds is 4. The average molecular weight is 534 g/mol. The predicted molar refractivity (Wildman–Crippen MR) is 141 cm³/mol. The van der Waals surface area contributed by atoms with E-state index in [0.29, 0.717) is 42.2 Å². The Morgan fingerprint density at radius 2 is 1.44 bits per heavy atom. The zero-order valence-corrected chi connectivity index (χ0v) is 23.2. The second-order valence-electron chi connectivity index (χ2n) is 10.7. The quantitative estimate of drug-likeness (QED) is 0.601. The number of benzene rings is 2. The van der Waals surface area contributed by atoms with Crippen molar-refractivity contribution >= 4 is 31.6 Å². The Hall–Kier alpha value is -2.43. The number of hydrogen-bond donors (Lipinski definition) is 0. The van der Waals surface area contributed by atoms with Crippen molar-refractivity contribution in [1.82, 2.24) is 9.21 Å². The molecule has 0 N–H and O–H groups in total. The fourth-order valence-electron chi connectivity index (χ4n) is 4.93. The lowest BCUT2D eigenvalue weighted by Gasteiger charge is -2.35. The standard InChI is InChI=1S/C26H35N3O5S2/c1-19-17-22(26(3,4)5)18-20(2)24(19)36(33,34)28-14-12-27(13-15-28)25(30)21-7-9-23(10-8-21)29-11-6-16-35(29,31)32/h7-10,17-18H,6,11-16H2,1-5H3. The van der Waals surface area contributed by atoms with Gasteiger partial charge >= 0.3 is 0 Å². The van der Waals surface area contributed by atoms with Gasteiger partial charge in [0.1, 0.15) is 0 Å². The maximum absolute atomic E-state index is 13.5. The number of aryl methyl sites for hydroxylation is 2. The Balaban J connectivity index is 1.45. The first-order valence-electron chi connectivity index (χ1n) is 12.2. The zero-order valence-electron chi connectivity index (χ0n) is 21.6. The van der Waals surface area contributed by atoms with Gasteiger partial charge in [0.15, 0.2) is 0 Å². The molecule has 2 aliphatic rings. The van der Waals surface area contributed by atoms with Gasteiger partial charge in [0.25, 0.3) is 5.91 Å². The van der Waals surface area contributed by atoms with Gasteiger partial charge in [-0.2, -0.15) is 4.31 Å². The van der Waals surface area contributed by atoms with Gasteiger partial charge < -0.3 is 4.90 Å². The highest BCUT2D eigenvalue weighted by Gasteiger charge is 2.33. The molecule has 0 spiro atoms. The summed E-state index contributed by atoms with van der Waals surface area (Å²) in [6.45, 7) is 11.5. The van der Waals surface area contributed by atoms with Crippen LogP contribution in [0.2, 0.25) is 0 Å². The Bertz CT molecular complexity index is 1350. The van der Waals surface area contributed by atoms with Crippen LogP contribution in [0, 0.1) is 13.8 Å². The molecule has 2 aromatic carbocycles. The SMILES string of the molecule is Cc1cc(C(C)(C)C)cc(C)c1S(=O)(=O)N1CCN(C(=O)c2ccc(N3CCCS3(=O)=O)cc2)CC1. The van der Waals surface area contributed by atoms with Gasteiger partial charge in [0, 0.05) is 38.3 Å². The number of hydrogen-bond acceptors (Lipinski definition) is 5. The van der Waals surface area contributed by atoms with Gasteiger partial charge in [-0.15, -0.1) is 0 Å². The molecular weight excluding hydrogens is 498 g/mol. The highest BCUT2D eigenvalue weighted by atomic mass is 32.2. The predicted octanol–water partition coefficient (Wildman–Crippen LogP) is 3.29. The molecule has 2 fully saturated rings. The van der Waals surface area contributed by atoms with Crippen LogP contribution in [-0.4, -0.2) is 70.4 Å². The second kappa shape index (κ2) is 9.46. The Morgan fingerprint density at radius 3 is 1.92 bits per heavy atom. The molecule has 0 bridgehead atoms. The van der Waals surface area contributed by atoms with Crippen molar-refractivity contribution in [2.75, 3.05) is 42.8 Å². The number of sulfonamides is 2. The Labute approximate surface area is 215 Å². The van der Waals surface area contributed by atoms with E-state index in [1.54, 1.807) is 29.2 Å². The van der Waals surface area contributed by atoms with Crippen LogP contribution in [0.1, 0.15) is 54.2 Å². The van der Waals surface area contributed by atoms with E-state index in [9.17, 15) is 21.6 Å². The van der Waals surface area contributed by atoms with Crippen molar-refractivity contribution in [2.24, 2.45) is 0 Å². The van der Waals surface area contributed by atoms with Crippen molar-refractivity contribution in [2.45, 2.75) is 51.3 Å². The molecule has 10 heteroatoms. The number of carbonyl (C=O) groups is 1. The molecule has 2 heterocycles. The van der Waals surface area contributed by atoms with E-state index in [2.05, 4.69) is 20.8 Å². The maximum Gasteiger partial charge on any atom is 0.253 e. The molecule has 2 aromatic rings. The normalized spacial score (nSPS) is 19.0. The average Bonchev–Trinajstić information content (AvgIpc) is 3.16. The summed E-state index contributed by atoms with van der Waals surface area (Å²) < 4.78 is 54.2. The number of amides is 1. The smallest absolute Gasteiger partial charge is 0.253 e. The van der Waals surface area contributed by atoms with E-state index in [1.165, 1.54) is 8.61 Å². The molecule has 1 amide bonds. The van der Waals surface area contributed by atoms with Crippen molar-refractivity contribution in [3.05, 3.63) is 58.7 Å². The van der Waals surface area contributed by atoms with E-state index in [4.69, 9.17) is 0 Å². The summed E-state index contributed by atoms with van der Waals surface area (Å²) in [6, 6.07) is 10.5. The highest BCUT2D eigenvalue weighted by molar-refractivity contribution is 7.93. The van der Waals surface area contributed by atoms with E-state index in [0.717, 1.165) is 16.7 Å². The lowest BCUT2D eigenvalue weighted by Crippen LogP contribution is -2.50. The monoisotopic (exact) mass is 533 g/mol. The molecule has 0 unspecified atom stereocenters. The number of nitrogens with zero attached hydrogens (tertiary/aromatic N) is 3. The topological polar surface area (TPSA) is 95.1 Å². The molecule has 0 saturated carbocycles. The molecule has 2 aliphatic heterocycles. The molecule has 0 aromatic heterocycles. The third kappa shape index (κ3) is 5.03. The van der Waals surface area contributed by atoms with Gasteiger partial charge in [0.05, 0.1) is 16.3 Å². The van der Waals surface area contributed by atoms with Crippen LogP contribution in [-0.2, 0) is 25.5 Å². The van der Waals surface area contributed by atoms with Crippen LogP contribution in [0.5, 0.6) is 0 Å². The fourth-order valence-corrected chi connectivity index (χ4v) is 8.33. The summed E-state index contributed by atoms with van der Waals surface area (Å²) >= 11 is 0. The van der Waals surface area contributed by atoms with Gasteiger partial charge in [-0.05, 0) is 66.6 Å². The highest BCUT2D eigenvalue weighted by Crippen LogP contribution is 2.31. The van der Waals surface area contributed by atoms with Crippen molar-refractivity contribution in [3.8, 4) is 0 Å². The van der Waals surface area contributed by atoms with Gasteiger partial charge in [-0.1, -0.05) is 32.9 Å². The largest absolute Gasteiger partial charge is 0.336 e. The van der Waals surface area contributed by atoms with E-state index in [-0.39, 0.29) is 30.2 Å². The van der Waals surface area contributed by atoms with Crippen LogP contribution in [0.3, 0.4) is 0 Å². The van der Waals surface area contributed by atoms with Crippen LogP contribution < -0.4 is 4.31 Å². The lowest BCUT2D eigenvalue weighted by molar-refractivity contribution is 0.0698. The Kier molecular flexibility index (Phi) is 7.00. The molecule has 0 aliphatic carbocycles. The number of anilines is 1. The maximum atomic E-state index is 13.5. The molecule has 196 valence electrons. The van der Waals surface area contributed by atoms with Crippen LogP contribution >= 0.6 is 0 Å². The minimum Gasteiger partial charge on any atom is -0.336 e. The summed E-state index contributed by atoms with van der Waals surface area (Å²) in [6.07, 6.45) is 0.593. The number of carbonyl (C=O) groups excluding carboxylic acids is 1. The van der Waals surface area contributed by atoms with Crippen molar-refractivity contribution in [1.29, 1.82) is 0 Å². The van der Waals surface area contributed by atoms with Crippen LogP contribution in [0.25, 0.3) is 0 Å². The molecule has 0 atom stereocenters. The minimum atomic E-state index is -3.69. The van der Waals surface area contributed by atoms with Crippen LogP contribution in [0.15, 0.2) is 41.3 Å². The van der Waals surface area contributed by atoms with Gasteiger partial charge in [0.2, 0.25) is 20.0 Å². The zero-order chi connectivity index (χ0) is 26.5. The second-order valence-corrected chi connectivity index (χ2v) is 14.6. The molecule has 8 nitrogen and oxygen atoms in total. The molecule has 4 rings (SSSR count). The van der Waals surface area contributed by atoms with E-state index in [1.807, 2.05) is 26.0 Å². The first-order valence-corrected chi connectivity index (χ1v) is 15.3. The molecule has 2 saturated heterocycles. The Morgan fingerprint density at radius 1 is 0.889 bits per heavy atom. The lowest BCUT2D eigenvalue weighted by atomic mass is 9.85. The first kappa shape index (κ1) is 26.6. The first-order chi connectivity index (χ1) is 16.7. The summed E-state index contributed by atoms with van der Waals surface area (Å²) in [5.74, 6) is -0.0505. The third-order valence-electron chi connectivity index (χ3n) is 6.95. The van der Waals surface area contributed by atoms with Gasteiger partial charge in [-0.25, -0.2) is 16.8 Å².